The van der Waals surface area contributed by atoms with E-state index in [1.807, 2.05) is 54.6 Å². The summed E-state index contributed by atoms with van der Waals surface area (Å²) in [7, 11) is 0. The fraction of sp³-hybridized carbons (Fsp3) is 0.208. The second-order valence-electron chi connectivity index (χ2n) is 6.95. The Hall–Kier alpha value is -3.55. The number of nitrogens with two attached hydrogens (primary N) is 1. The molecule has 31 heavy (non-hydrogen) atoms. The van der Waals surface area contributed by atoms with Crippen molar-refractivity contribution in [2.24, 2.45) is 5.73 Å². The predicted molar refractivity (Wildman–Crippen MR) is 118 cm³/mol. The van der Waals surface area contributed by atoms with Crippen molar-refractivity contribution in [1.29, 1.82) is 0 Å². The molecule has 0 radical (unpaired) electrons. The van der Waals surface area contributed by atoms with E-state index in [0.717, 1.165) is 11.1 Å². The molecule has 0 heterocycles. The first-order valence-electron chi connectivity index (χ1n) is 9.95. The van der Waals surface area contributed by atoms with E-state index >= 15 is 0 Å². The van der Waals surface area contributed by atoms with Crippen LogP contribution in [0.15, 0.2) is 72.8 Å². The summed E-state index contributed by atoms with van der Waals surface area (Å²) in [4.78, 5) is 11.2. The standard InChI is InChI=1S/C24H26N2O5/c25-24(29)22-14-21(10-11-23(22)28)30-13-12-26-15-19(27)16-31-20-8-6-18(7-9-20)17-4-2-1-3-5-17/h1-11,14,19,26-28H,12-13,15-16H2,(H2,25,29). The third-order valence-corrected chi connectivity index (χ3v) is 4.56. The van der Waals surface area contributed by atoms with Gasteiger partial charge in [-0.25, -0.2) is 0 Å². The topological polar surface area (TPSA) is 114 Å². The Morgan fingerprint density at radius 3 is 2.32 bits per heavy atom. The van der Waals surface area contributed by atoms with Crippen molar-refractivity contribution >= 4 is 5.91 Å². The Bertz CT molecular complexity index is 977. The van der Waals surface area contributed by atoms with Crippen LogP contribution in [0.5, 0.6) is 17.2 Å². The summed E-state index contributed by atoms with van der Waals surface area (Å²) in [5, 5.41) is 22.7. The summed E-state index contributed by atoms with van der Waals surface area (Å²) in [5.74, 6) is 0.214. The Kier molecular flexibility index (Phi) is 7.86. The number of phenols is 1. The highest BCUT2D eigenvalue weighted by atomic mass is 16.5. The Balaban J connectivity index is 1.34. The maximum absolute atomic E-state index is 11.2. The summed E-state index contributed by atoms with van der Waals surface area (Å²) in [6.45, 7) is 1.30. The van der Waals surface area contributed by atoms with E-state index in [-0.39, 0.29) is 17.9 Å². The van der Waals surface area contributed by atoms with Gasteiger partial charge in [0, 0.05) is 13.1 Å². The van der Waals surface area contributed by atoms with Crippen LogP contribution >= 0.6 is 0 Å². The molecule has 0 aliphatic carbocycles. The fourth-order valence-electron chi connectivity index (χ4n) is 2.94. The van der Waals surface area contributed by atoms with Gasteiger partial charge in [0.2, 0.25) is 0 Å². The molecule has 1 unspecified atom stereocenters. The van der Waals surface area contributed by atoms with Crippen LogP contribution in [-0.2, 0) is 0 Å². The van der Waals surface area contributed by atoms with E-state index in [1.165, 1.54) is 12.1 Å². The first-order valence-corrected chi connectivity index (χ1v) is 9.95. The zero-order chi connectivity index (χ0) is 22.1. The minimum absolute atomic E-state index is 0.00910. The number of carbonyl (C=O) groups is 1. The van der Waals surface area contributed by atoms with Crippen molar-refractivity contribution in [3.8, 4) is 28.4 Å². The van der Waals surface area contributed by atoms with Gasteiger partial charge in [0.15, 0.2) is 0 Å². The largest absolute Gasteiger partial charge is 0.507 e. The van der Waals surface area contributed by atoms with Crippen molar-refractivity contribution in [3.05, 3.63) is 78.4 Å². The SMILES string of the molecule is NC(=O)c1cc(OCCNCC(O)COc2ccc(-c3ccccc3)cc2)ccc1O. The molecule has 0 spiro atoms. The number of benzene rings is 3. The summed E-state index contributed by atoms with van der Waals surface area (Å²) in [6.07, 6.45) is -0.677. The van der Waals surface area contributed by atoms with Crippen LogP contribution in [0.25, 0.3) is 11.1 Å². The molecule has 0 saturated heterocycles. The Morgan fingerprint density at radius 1 is 0.935 bits per heavy atom. The first kappa shape index (κ1) is 22.1. The number of aliphatic hydroxyl groups excluding tert-OH is 1. The molecule has 0 aliphatic rings. The third-order valence-electron chi connectivity index (χ3n) is 4.56. The lowest BCUT2D eigenvalue weighted by molar-refractivity contribution is 0.0996. The van der Waals surface area contributed by atoms with Gasteiger partial charge in [-0.15, -0.1) is 0 Å². The first-order chi connectivity index (χ1) is 15.0. The number of aromatic hydroxyl groups is 1. The molecule has 1 amide bonds. The fourth-order valence-corrected chi connectivity index (χ4v) is 2.94. The third kappa shape index (κ3) is 6.74. The van der Waals surface area contributed by atoms with Crippen LogP contribution in [0, 0.1) is 0 Å². The van der Waals surface area contributed by atoms with Crippen LogP contribution in [-0.4, -0.2) is 48.5 Å². The Labute approximate surface area is 181 Å². The number of hydrogen-bond donors (Lipinski definition) is 4. The highest BCUT2D eigenvalue weighted by Gasteiger charge is 2.09. The summed E-state index contributed by atoms with van der Waals surface area (Å²) in [6, 6.07) is 22.1. The van der Waals surface area contributed by atoms with Crippen molar-refractivity contribution in [3.63, 3.8) is 0 Å². The van der Waals surface area contributed by atoms with E-state index in [0.29, 0.717) is 31.2 Å². The van der Waals surface area contributed by atoms with Crippen LogP contribution in [0.3, 0.4) is 0 Å². The smallest absolute Gasteiger partial charge is 0.252 e. The van der Waals surface area contributed by atoms with Crippen LogP contribution in [0.1, 0.15) is 10.4 Å². The Morgan fingerprint density at radius 2 is 1.61 bits per heavy atom. The predicted octanol–water partition coefficient (Wildman–Crippen LogP) is 2.57. The van der Waals surface area contributed by atoms with E-state index in [1.54, 1.807) is 6.07 Å². The second kappa shape index (κ2) is 11.0. The maximum Gasteiger partial charge on any atom is 0.252 e. The average molecular weight is 422 g/mol. The van der Waals surface area contributed by atoms with Gasteiger partial charge in [0.1, 0.15) is 36.6 Å². The highest BCUT2D eigenvalue weighted by molar-refractivity contribution is 5.95. The van der Waals surface area contributed by atoms with Crippen LogP contribution in [0.2, 0.25) is 0 Å². The molecular formula is C24H26N2O5. The van der Waals surface area contributed by atoms with Gasteiger partial charge < -0.3 is 30.7 Å². The highest BCUT2D eigenvalue weighted by Crippen LogP contribution is 2.23. The van der Waals surface area contributed by atoms with Crippen LogP contribution < -0.4 is 20.5 Å². The molecule has 0 fully saturated rings. The molecule has 7 heteroatoms. The number of carbonyl (C=O) groups excluding carboxylic acids is 1. The zero-order valence-corrected chi connectivity index (χ0v) is 17.0. The molecule has 0 aromatic heterocycles. The molecule has 1 atom stereocenters. The summed E-state index contributed by atoms with van der Waals surface area (Å²) >= 11 is 0. The number of nitrogens with one attached hydrogen (secondary N) is 1. The molecular weight excluding hydrogens is 396 g/mol. The molecule has 3 aromatic rings. The van der Waals surface area contributed by atoms with Crippen molar-refractivity contribution in [2.75, 3.05) is 26.3 Å². The van der Waals surface area contributed by atoms with Crippen molar-refractivity contribution < 1.29 is 24.5 Å². The van der Waals surface area contributed by atoms with Gasteiger partial charge in [0.25, 0.3) is 5.91 Å². The molecule has 3 aromatic carbocycles. The number of hydrogen-bond acceptors (Lipinski definition) is 6. The quantitative estimate of drug-likeness (QED) is 0.353. The number of ether oxygens (including phenoxy) is 2. The lowest BCUT2D eigenvalue weighted by Gasteiger charge is -2.14. The molecule has 0 saturated carbocycles. The molecule has 162 valence electrons. The van der Waals surface area contributed by atoms with Gasteiger partial charge in [0.05, 0.1) is 5.56 Å². The minimum atomic E-state index is -0.723. The van der Waals surface area contributed by atoms with Gasteiger partial charge in [-0.3, -0.25) is 4.79 Å². The van der Waals surface area contributed by atoms with E-state index in [2.05, 4.69) is 5.32 Å². The lowest BCUT2D eigenvalue weighted by Crippen LogP contribution is -2.33. The van der Waals surface area contributed by atoms with Crippen molar-refractivity contribution in [1.82, 2.24) is 5.32 Å². The lowest BCUT2D eigenvalue weighted by atomic mass is 10.1. The average Bonchev–Trinajstić information content (AvgIpc) is 2.79. The number of amides is 1. The molecule has 5 N–H and O–H groups in total. The van der Waals surface area contributed by atoms with Gasteiger partial charge in [-0.05, 0) is 41.5 Å². The summed E-state index contributed by atoms with van der Waals surface area (Å²) in [5.41, 5.74) is 7.44. The van der Waals surface area contributed by atoms with Crippen molar-refractivity contribution in [2.45, 2.75) is 6.10 Å². The second-order valence-corrected chi connectivity index (χ2v) is 6.95. The minimum Gasteiger partial charge on any atom is -0.507 e. The van der Waals surface area contributed by atoms with E-state index < -0.39 is 12.0 Å². The molecule has 0 aliphatic heterocycles. The van der Waals surface area contributed by atoms with E-state index in [9.17, 15) is 15.0 Å². The summed E-state index contributed by atoms with van der Waals surface area (Å²) < 4.78 is 11.2. The van der Waals surface area contributed by atoms with Gasteiger partial charge in [-0.2, -0.15) is 0 Å². The normalized spacial score (nSPS) is 11.6. The van der Waals surface area contributed by atoms with Gasteiger partial charge >= 0.3 is 0 Å². The van der Waals surface area contributed by atoms with E-state index in [4.69, 9.17) is 15.2 Å². The molecule has 0 bridgehead atoms. The molecule has 7 nitrogen and oxygen atoms in total. The zero-order valence-electron chi connectivity index (χ0n) is 17.0. The number of aliphatic hydroxyl groups is 1. The van der Waals surface area contributed by atoms with Gasteiger partial charge in [-0.1, -0.05) is 42.5 Å². The monoisotopic (exact) mass is 422 g/mol. The molecule has 3 rings (SSSR count). The number of primary amides is 1. The number of rotatable bonds is 11. The van der Waals surface area contributed by atoms with Crippen LogP contribution in [0.4, 0.5) is 0 Å². The maximum atomic E-state index is 11.2.